The molecule has 31 heteroatoms. The number of benzene rings is 8. The molecule has 0 saturated heterocycles. The van der Waals surface area contributed by atoms with E-state index in [0.29, 0.717) is 152 Å². The molecule has 3 aliphatic rings. The minimum absolute atomic E-state index is 0.307. The van der Waals surface area contributed by atoms with E-state index >= 15 is 0 Å². The first-order valence-electron chi connectivity index (χ1n) is 38.6. The van der Waals surface area contributed by atoms with E-state index in [1.165, 1.54) is 12.7 Å². The Bertz CT molecular complexity index is 5770. The average molecular weight is 1660 g/mol. The first-order valence-corrected chi connectivity index (χ1v) is 39.8. The molecule has 3 amide bonds. The number of para-hydroxylation sites is 1. The van der Waals surface area contributed by atoms with Crippen LogP contribution in [0, 0.1) is 0 Å². The third-order valence-corrected chi connectivity index (χ3v) is 21.4. The summed E-state index contributed by atoms with van der Waals surface area (Å²) in [6.07, 6.45) is 12.7. The van der Waals surface area contributed by atoms with Crippen LogP contribution in [0.3, 0.4) is 0 Å². The van der Waals surface area contributed by atoms with Crippen LogP contribution in [0.4, 0.5) is 14.4 Å². The normalized spacial score (nSPS) is 14.7. The lowest BCUT2D eigenvalue weighted by Gasteiger charge is -2.35. The molecule has 0 aliphatic carbocycles. The van der Waals surface area contributed by atoms with E-state index in [0.717, 1.165) is 102 Å². The first kappa shape index (κ1) is 80.3. The van der Waals surface area contributed by atoms with Crippen LogP contribution in [0.15, 0.2) is 201 Å². The van der Waals surface area contributed by atoms with Crippen LogP contribution >= 0.6 is 34.8 Å². The van der Waals surface area contributed by atoms with Crippen molar-refractivity contribution in [1.82, 2.24) is 74.2 Å². The van der Waals surface area contributed by atoms with Gasteiger partial charge in [0.2, 0.25) is 0 Å². The minimum atomic E-state index is -0.458. The van der Waals surface area contributed by atoms with Crippen molar-refractivity contribution < 1.29 is 61.8 Å². The van der Waals surface area contributed by atoms with E-state index in [1.807, 2.05) is 134 Å². The number of carbonyl (C=O) groups is 3. The zero-order chi connectivity index (χ0) is 81.6. The van der Waals surface area contributed by atoms with E-state index in [-0.39, 0.29) is 12.1 Å². The highest BCUT2D eigenvalue weighted by Gasteiger charge is 2.40. The predicted molar refractivity (Wildman–Crippen MR) is 445 cm³/mol. The number of ether oxygens (including phenoxy) is 10. The SMILES string of the molecule is CCOC(=O)N1CCc2c([nH]c3ccc(Cl)cc23)C1c1ccc(OCCCn2nccn2)c(OC)c1.COc1cc(C2c3[nH]c4ccc(Cl)cc4c3CCN2C(=O)Oc2ccccc2)ccc1OCCCn1cncn1.COc1ccc(OC(=O)N2CCc3c([nH]c4ccc(Cl)cc34)C2c2ccc(OCCCn3cncn3)c(OC)c2)cc1. The van der Waals surface area contributed by atoms with Gasteiger partial charge in [0.25, 0.3) is 0 Å². The molecular formula is C87H86Cl3N15O13. The van der Waals surface area contributed by atoms with Crippen LogP contribution in [0.5, 0.6) is 51.7 Å². The van der Waals surface area contributed by atoms with Gasteiger partial charge in [-0.3, -0.25) is 24.1 Å². The number of rotatable bonds is 25. The van der Waals surface area contributed by atoms with Crippen molar-refractivity contribution in [1.29, 1.82) is 0 Å². The molecule has 0 fully saturated rings. The van der Waals surface area contributed by atoms with Crippen LogP contribution in [0.25, 0.3) is 32.7 Å². The number of fused-ring (bicyclic) bond motifs is 9. The van der Waals surface area contributed by atoms with Gasteiger partial charge in [-0.2, -0.15) is 25.2 Å². The summed E-state index contributed by atoms with van der Waals surface area (Å²) in [4.78, 5) is 65.6. The Kier molecular flexibility index (Phi) is 25.4. The van der Waals surface area contributed by atoms with Gasteiger partial charge in [-0.05, 0) is 187 Å². The third-order valence-electron chi connectivity index (χ3n) is 20.7. The molecule has 118 heavy (non-hydrogen) atoms. The van der Waals surface area contributed by atoms with Gasteiger partial charge in [0.1, 0.15) is 60.7 Å². The van der Waals surface area contributed by atoms with Crippen molar-refractivity contribution >= 4 is 85.8 Å². The second kappa shape index (κ2) is 37.3. The van der Waals surface area contributed by atoms with Crippen molar-refractivity contribution in [2.75, 3.05) is 74.5 Å². The Labute approximate surface area is 694 Å². The van der Waals surface area contributed by atoms with Gasteiger partial charge in [0.15, 0.2) is 34.5 Å². The Balaban J connectivity index is 0.000000139. The smallest absolute Gasteiger partial charge is 0.416 e. The molecule has 9 heterocycles. The lowest BCUT2D eigenvalue weighted by Crippen LogP contribution is -2.42. The first-order chi connectivity index (χ1) is 57.7. The lowest BCUT2D eigenvalue weighted by atomic mass is 9.92. The largest absolute Gasteiger partial charge is 0.497 e. The topological polar surface area (TPSA) is 293 Å². The van der Waals surface area contributed by atoms with E-state index in [2.05, 4.69) is 45.3 Å². The van der Waals surface area contributed by atoms with Gasteiger partial charge in [0, 0.05) is 117 Å². The summed E-state index contributed by atoms with van der Waals surface area (Å²) < 4.78 is 60.9. The van der Waals surface area contributed by atoms with Crippen LogP contribution in [0.1, 0.15) is 94.8 Å². The summed E-state index contributed by atoms with van der Waals surface area (Å²) in [6, 6.07) is 49.5. The van der Waals surface area contributed by atoms with Crippen molar-refractivity contribution in [3.63, 3.8) is 0 Å². The molecule has 8 aromatic carbocycles. The van der Waals surface area contributed by atoms with Crippen molar-refractivity contribution in [2.24, 2.45) is 0 Å². The number of methoxy groups -OCH3 is 4. The van der Waals surface area contributed by atoms with E-state index < -0.39 is 24.3 Å². The maximum Gasteiger partial charge on any atom is 0.416 e. The molecular weight excluding hydrogens is 1570 g/mol. The standard InChI is InChI=1S/C31H30ClN5O5.C30H28ClN5O4.C26H28ClN5O4/c1-39-22-6-8-23(9-7-22)42-31(38)37-14-12-24-25-17-21(32)5-10-26(25)35-29(24)30(37)20-4-11-27(28(16-20)40-2)41-15-3-13-36-19-33-18-34-36;1-38-27-16-20(8-11-26(27)39-15-5-13-35-19-32-18-33-35)29-28-23(24-17-21(31)9-10-25(24)34-28)12-14-36(29)30(37)40-22-6-3-2-4-7-22;1-3-35-26(33)31-13-9-19-20-16-18(27)6-7-21(20)30-24(19)25(31)17-5-8-22(23(15-17)34-2)36-14-4-12-32-28-10-11-29-32/h4-11,16-19,30,35H,3,12-15H2,1-2H3;2-4,6-11,16-19,29,34H,5,12-15H2,1H3;5-8,10-11,15-16,25,30H,3-4,9,12-14H2,1-2H3. The third kappa shape index (κ3) is 18.2. The molecule has 0 saturated carbocycles. The van der Waals surface area contributed by atoms with Gasteiger partial charge >= 0.3 is 18.3 Å². The lowest BCUT2D eigenvalue weighted by molar-refractivity contribution is 0.0931. The molecule has 3 atom stereocenters. The number of carbonyl (C=O) groups excluding carboxylic acids is 3. The second-order valence-corrected chi connectivity index (χ2v) is 29.2. The Morgan fingerprint density at radius 1 is 0.415 bits per heavy atom. The molecule has 6 aromatic heterocycles. The number of H-pyrrole nitrogens is 3. The molecule has 14 aromatic rings. The van der Waals surface area contributed by atoms with Gasteiger partial charge in [0.05, 0.1) is 73.8 Å². The number of aryl methyl sites for hydroxylation is 3. The molecule has 0 radical (unpaired) electrons. The number of aromatic amines is 3. The predicted octanol–water partition coefficient (Wildman–Crippen LogP) is 17.1. The Morgan fingerprint density at radius 2 is 0.797 bits per heavy atom. The summed E-state index contributed by atoms with van der Waals surface area (Å²) in [7, 11) is 6.42. The summed E-state index contributed by atoms with van der Waals surface area (Å²) in [5.41, 5.74) is 11.7. The van der Waals surface area contributed by atoms with E-state index in [9.17, 15) is 14.4 Å². The Morgan fingerprint density at radius 3 is 1.17 bits per heavy atom. The number of amides is 3. The summed E-state index contributed by atoms with van der Waals surface area (Å²) in [6.45, 7) is 7.09. The number of aromatic nitrogens is 12. The highest BCUT2D eigenvalue weighted by molar-refractivity contribution is 6.32. The molecule has 3 unspecified atom stereocenters. The van der Waals surface area contributed by atoms with Crippen molar-refractivity contribution in [3.8, 4) is 51.7 Å². The summed E-state index contributed by atoms with van der Waals surface area (Å²) >= 11 is 19.0. The number of nitrogens with one attached hydrogen (secondary N) is 3. The molecule has 608 valence electrons. The fourth-order valence-corrected chi connectivity index (χ4v) is 15.8. The van der Waals surface area contributed by atoms with Gasteiger partial charge in [-0.25, -0.2) is 24.4 Å². The van der Waals surface area contributed by atoms with Crippen LogP contribution in [-0.2, 0) is 43.6 Å². The van der Waals surface area contributed by atoms with E-state index in [1.54, 1.807) is 119 Å². The highest BCUT2D eigenvalue weighted by Crippen LogP contribution is 2.46. The van der Waals surface area contributed by atoms with Gasteiger partial charge in [-0.15, -0.1) is 0 Å². The van der Waals surface area contributed by atoms with Gasteiger partial charge < -0.3 is 62.3 Å². The van der Waals surface area contributed by atoms with Crippen LogP contribution < -0.4 is 42.6 Å². The van der Waals surface area contributed by atoms with E-state index in [4.69, 9.17) is 82.2 Å². The minimum Gasteiger partial charge on any atom is -0.497 e. The molecule has 0 bridgehead atoms. The highest BCUT2D eigenvalue weighted by atomic mass is 35.5. The van der Waals surface area contributed by atoms with Gasteiger partial charge in [-0.1, -0.05) is 71.2 Å². The number of hydrogen-bond acceptors (Lipinski definition) is 19. The summed E-state index contributed by atoms with van der Waals surface area (Å²) in [5, 5.41) is 21.6. The average Bonchev–Trinajstić information content (AvgIpc) is 1.59. The second-order valence-electron chi connectivity index (χ2n) is 27.9. The zero-order valence-corrected chi connectivity index (χ0v) is 67.7. The maximum atomic E-state index is 13.6. The fourth-order valence-electron chi connectivity index (χ4n) is 15.3. The monoisotopic (exact) mass is 1650 g/mol. The molecule has 0 spiro atoms. The quantitative estimate of drug-likeness (QED) is 0.0448. The number of hydrogen-bond donors (Lipinski definition) is 3. The van der Waals surface area contributed by atoms with Crippen LogP contribution in [-0.4, -0.2) is 167 Å². The fraction of sp³-hybridized carbons (Fsp3) is 0.276. The molecule has 17 rings (SSSR count). The number of halogens is 3. The van der Waals surface area contributed by atoms with Crippen molar-refractivity contribution in [3.05, 3.63) is 267 Å². The maximum absolute atomic E-state index is 13.6. The van der Waals surface area contributed by atoms with Crippen LogP contribution in [0.2, 0.25) is 15.1 Å². The zero-order valence-electron chi connectivity index (χ0n) is 65.4. The summed E-state index contributed by atoms with van der Waals surface area (Å²) in [5.74, 6) is 5.24. The van der Waals surface area contributed by atoms with Crippen molar-refractivity contribution in [2.45, 2.75) is 83.2 Å². The Hall–Kier alpha value is -12.9. The number of nitrogens with zero attached hydrogens (tertiary/aromatic N) is 12. The molecule has 3 aliphatic heterocycles. The molecule has 28 nitrogen and oxygen atoms in total. The molecule has 3 N–H and O–H groups in total.